The molecule has 3 atom stereocenters. The van der Waals surface area contributed by atoms with Crippen molar-refractivity contribution in [3.05, 3.63) is 11.1 Å². The number of amides is 3. The van der Waals surface area contributed by atoms with Crippen LogP contribution in [0.1, 0.15) is 44.7 Å². The molecule has 1 aromatic rings. The van der Waals surface area contributed by atoms with Gasteiger partial charge in [-0.15, -0.1) is 11.3 Å². The van der Waals surface area contributed by atoms with E-state index in [1.807, 2.05) is 19.2 Å². The Morgan fingerprint density at radius 3 is 2.78 bits per heavy atom. The summed E-state index contributed by atoms with van der Waals surface area (Å²) < 4.78 is 0. The van der Waals surface area contributed by atoms with E-state index in [4.69, 9.17) is 5.21 Å². The number of hydrogen-bond acceptors (Lipinski definition) is 7. The average Bonchev–Trinajstić information content (AvgIpc) is 3.29. The highest BCUT2D eigenvalue weighted by Gasteiger charge is 2.41. The first kappa shape index (κ1) is 21.3. The highest BCUT2D eigenvalue weighted by Crippen LogP contribution is 2.26. The summed E-state index contributed by atoms with van der Waals surface area (Å²) in [6.07, 6.45) is 1.20. The number of nitrogens with one attached hydrogen (secondary N) is 2. The standard InChI is InChI=1S/C17H26N4O5S/c1-3-4-6-11(13(22)15(24)20-26)16(25)21-8-5-7-12(21)14(23)19-17-18-10(2)9-27-17/h9,11-13,22,26H,3-8H2,1-2H3,(H,20,24)(H,18,19,23). The summed E-state index contributed by atoms with van der Waals surface area (Å²) in [4.78, 5) is 42.9. The number of carbonyl (C=O) groups is 3. The number of unbranched alkanes of at least 4 members (excludes halogenated alkanes) is 1. The maximum Gasteiger partial charge on any atom is 0.272 e. The lowest BCUT2D eigenvalue weighted by molar-refractivity contribution is -0.152. The molecule has 0 aliphatic carbocycles. The van der Waals surface area contributed by atoms with Gasteiger partial charge in [-0.2, -0.15) is 0 Å². The topological polar surface area (TPSA) is 132 Å². The molecule has 0 aromatic carbocycles. The van der Waals surface area contributed by atoms with Crippen molar-refractivity contribution in [3.8, 4) is 0 Å². The van der Waals surface area contributed by atoms with Gasteiger partial charge in [-0.05, 0) is 26.2 Å². The number of aliphatic hydroxyl groups excluding tert-OH is 1. The summed E-state index contributed by atoms with van der Waals surface area (Å²) in [7, 11) is 0. The van der Waals surface area contributed by atoms with Crippen LogP contribution in [0.5, 0.6) is 0 Å². The fraction of sp³-hybridized carbons (Fsp3) is 0.647. The molecule has 1 aliphatic heterocycles. The van der Waals surface area contributed by atoms with E-state index in [1.54, 1.807) is 0 Å². The molecule has 9 nitrogen and oxygen atoms in total. The van der Waals surface area contributed by atoms with Crippen molar-refractivity contribution in [1.29, 1.82) is 0 Å². The molecule has 0 bridgehead atoms. The largest absolute Gasteiger partial charge is 0.382 e. The van der Waals surface area contributed by atoms with E-state index < -0.39 is 29.9 Å². The molecular formula is C17H26N4O5S. The first-order valence-electron chi connectivity index (χ1n) is 9.04. The van der Waals surface area contributed by atoms with Crippen LogP contribution in [-0.4, -0.2) is 56.6 Å². The Kier molecular flexibility index (Phi) is 7.69. The number of hydroxylamine groups is 1. The summed E-state index contributed by atoms with van der Waals surface area (Å²) in [5, 5.41) is 24.0. The minimum Gasteiger partial charge on any atom is -0.382 e. The van der Waals surface area contributed by atoms with Crippen LogP contribution in [0.4, 0.5) is 5.13 Å². The van der Waals surface area contributed by atoms with Gasteiger partial charge in [-0.25, -0.2) is 10.5 Å². The maximum absolute atomic E-state index is 13.0. The third kappa shape index (κ3) is 5.24. The van der Waals surface area contributed by atoms with Crippen LogP contribution >= 0.6 is 11.3 Å². The highest BCUT2D eigenvalue weighted by atomic mass is 32.1. The number of aryl methyl sites for hydroxylation is 1. The van der Waals surface area contributed by atoms with Crippen molar-refractivity contribution >= 4 is 34.2 Å². The molecule has 1 aliphatic rings. The smallest absolute Gasteiger partial charge is 0.272 e. The van der Waals surface area contributed by atoms with Crippen molar-refractivity contribution < 1.29 is 24.7 Å². The lowest BCUT2D eigenvalue weighted by atomic mass is 9.93. The van der Waals surface area contributed by atoms with Gasteiger partial charge in [0.15, 0.2) is 5.13 Å². The molecule has 2 heterocycles. The molecular weight excluding hydrogens is 372 g/mol. The Morgan fingerprint density at radius 2 is 2.19 bits per heavy atom. The van der Waals surface area contributed by atoms with E-state index in [2.05, 4.69) is 10.3 Å². The molecule has 3 unspecified atom stereocenters. The molecule has 10 heteroatoms. The van der Waals surface area contributed by atoms with E-state index in [9.17, 15) is 19.5 Å². The zero-order chi connectivity index (χ0) is 20.0. The van der Waals surface area contributed by atoms with Gasteiger partial charge in [0.05, 0.1) is 11.6 Å². The number of carbonyl (C=O) groups excluding carboxylic acids is 3. The molecule has 27 heavy (non-hydrogen) atoms. The zero-order valence-electron chi connectivity index (χ0n) is 15.5. The molecule has 4 N–H and O–H groups in total. The number of anilines is 1. The number of thiazole rings is 1. The quantitative estimate of drug-likeness (QED) is 0.382. The van der Waals surface area contributed by atoms with E-state index in [1.165, 1.54) is 21.7 Å². The fourth-order valence-corrected chi connectivity index (χ4v) is 3.90. The fourth-order valence-electron chi connectivity index (χ4n) is 3.21. The van der Waals surface area contributed by atoms with Crippen molar-refractivity contribution in [3.63, 3.8) is 0 Å². The molecule has 1 aromatic heterocycles. The van der Waals surface area contributed by atoms with Gasteiger partial charge in [0.25, 0.3) is 5.91 Å². The van der Waals surface area contributed by atoms with Gasteiger partial charge in [0, 0.05) is 11.9 Å². The number of rotatable bonds is 8. The molecule has 0 saturated carbocycles. The van der Waals surface area contributed by atoms with Gasteiger partial charge < -0.3 is 15.3 Å². The first-order valence-corrected chi connectivity index (χ1v) is 9.92. The summed E-state index contributed by atoms with van der Waals surface area (Å²) >= 11 is 1.31. The van der Waals surface area contributed by atoms with Gasteiger partial charge in [-0.1, -0.05) is 19.8 Å². The third-order valence-corrected chi connectivity index (χ3v) is 5.51. The van der Waals surface area contributed by atoms with Crippen molar-refractivity contribution in [1.82, 2.24) is 15.4 Å². The summed E-state index contributed by atoms with van der Waals surface area (Å²) in [6, 6.07) is -0.671. The maximum atomic E-state index is 13.0. The lowest BCUT2D eigenvalue weighted by Crippen LogP contribution is -2.50. The lowest BCUT2D eigenvalue weighted by Gasteiger charge is -2.29. The van der Waals surface area contributed by atoms with E-state index in [0.717, 1.165) is 12.1 Å². The minimum atomic E-state index is -1.67. The number of aliphatic hydroxyl groups is 1. The molecule has 150 valence electrons. The van der Waals surface area contributed by atoms with Crippen LogP contribution in [0.25, 0.3) is 0 Å². The predicted octanol–water partition coefficient (Wildman–Crippen LogP) is 1.05. The minimum absolute atomic E-state index is 0.292. The van der Waals surface area contributed by atoms with E-state index in [0.29, 0.717) is 37.4 Å². The van der Waals surface area contributed by atoms with E-state index >= 15 is 0 Å². The van der Waals surface area contributed by atoms with Gasteiger partial charge >= 0.3 is 0 Å². The summed E-state index contributed by atoms with van der Waals surface area (Å²) in [5.74, 6) is -2.81. The predicted molar refractivity (Wildman–Crippen MR) is 99.2 cm³/mol. The summed E-state index contributed by atoms with van der Waals surface area (Å²) in [5.41, 5.74) is 2.19. The second kappa shape index (κ2) is 9.77. The Morgan fingerprint density at radius 1 is 1.44 bits per heavy atom. The van der Waals surface area contributed by atoms with Crippen LogP contribution in [0.3, 0.4) is 0 Å². The Labute approximate surface area is 161 Å². The first-order chi connectivity index (χ1) is 12.9. The average molecular weight is 398 g/mol. The molecule has 3 amide bonds. The van der Waals surface area contributed by atoms with Crippen LogP contribution in [0.2, 0.25) is 0 Å². The van der Waals surface area contributed by atoms with Gasteiger partial charge in [-0.3, -0.25) is 19.6 Å². The highest BCUT2D eigenvalue weighted by molar-refractivity contribution is 7.13. The second-order valence-electron chi connectivity index (χ2n) is 6.64. The number of aromatic nitrogens is 1. The number of likely N-dealkylation sites (tertiary alicyclic amines) is 1. The van der Waals surface area contributed by atoms with Crippen molar-refractivity contribution in [2.75, 3.05) is 11.9 Å². The second-order valence-corrected chi connectivity index (χ2v) is 7.50. The molecule has 1 saturated heterocycles. The van der Waals surface area contributed by atoms with Crippen LogP contribution in [0, 0.1) is 12.8 Å². The van der Waals surface area contributed by atoms with Crippen LogP contribution in [-0.2, 0) is 14.4 Å². The van der Waals surface area contributed by atoms with E-state index in [-0.39, 0.29) is 5.91 Å². The van der Waals surface area contributed by atoms with Crippen LogP contribution in [0.15, 0.2) is 5.38 Å². The normalized spacial score (nSPS) is 18.8. The molecule has 1 fully saturated rings. The Balaban J connectivity index is 2.12. The molecule has 0 spiro atoms. The Bertz CT molecular complexity index is 680. The van der Waals surface area contributed by atoms with Crippen molar-refractivity contribution in [2.24, 2.45) is 5.92 Å². The van der Waals surface area contributed by atoms with Gasteiger partial charge in [0.2, 0.25) is 11.8 Å². The van der Waals surface area contributed by atoms with Crippen LogP contribution < -0.4 is 10.8 Å². The zero-order valence-corrected chi connectivity index (χ0v) is 16.3. The molecule has 0 radical (unpaired) electrons. The van der Waals surface area contributed by atoms with Crippen molar-refractivity contribution in [2.45, 2.75) is 58.1 Å². The third-order valence-electron chi connectivity index (χ3n) is 4.63. The summed E-state index contributed by atoms with van der Waals surface area (Å²) in [6.45, 7) is 4.13. The SMILES string of the molecule is CCCCC(C(=O)N1CCCC1C(=O)Nc1nc(C)cs1)C(O)C(=O)NO. The monoisotopic (exact) mass is 398 g/mol. The number of hydrogen-bond donors (Lipinski definition) is 4. The Hall–Kier alpha value is -2.04. The number of nitrogens with zero attached hydrogens (tertiary/aromatic N) is 2. The molecule has 2 rings (SSSR count). The van der Waals surface area contributed by atoms with Gasteiger partial charge in [0.1, 0.15) is 12.1 Å².